The van der Waals surface area contributed by atoms with Crippen molar-refractivity contribution in [1.82, 2.24) is 20.5 Å². The van der Waals surface area contributed by atoms with Crippen LogP contribution in [0.3, 0.4) is 0 Å². The predicted molar refractivity (Wildman–Crippen MR) is 173 cm³/mol. The summed E-state index contributed by atoms with van der Waals surface area (Å²) in [6, 6.07) is 17.5. The van der Waals surface area contributed by atoms with E-state index in [4.69, 9.17) is 4.74 Å². The first kappa shape index (κ1) is 28.9. The standard InChI is InChI=1S/C36H37FN6O3/c1-20-32(21(2)42-41-20)23-5-8-26(9-6-23)39-34(44)33(40-35(45)36(37)12-13-36)29-10-7-22-3-4-24(15-30(22)29)25-11-14-38-31(16-25)43-18-28-17-27(43)19-46-28/h3-6,8-9,11,14-16,27-29,33H,7,10,12-13,17-19H2,1-2H3,(H,39,44)(H,40,45)(H,41,42)/t27-,28-,29+,33-/m0/s1. The van der Waals surface area contributed by atoms with E-state index < -0.39 is 17.6 Å². The zero-order chi connectivity index (χ0) is 31.6. The van der Waals surface area contributed by atoms with Crippen LogP contribution in [0.1, 0.15) is 54.1 Å². The van der Waals surface area contributed by atoms with Gasteiger partial charge in [-0.3, -0.25) is 14.7 Å². The molecule has 0 unspecified atom stereocenters. The minimum atomic E-state index is -1.89. The predicted octanol–water partition coefficient (Wildman–Crippen LogP) is 5.39. The number of hydrogen-bond donors (Lipinski definition) is 3. The first-order valence-electron chi connectivity index (χ1n) is 16.2. The fourth-order valence-electron chi connectivity index (χ4n) is 7.47. The van der Waals surface area contributed by atoms with E-state index in [9.17, 15) is 14.0 Å². The lowest BCUT2D eigenvalue weighted by Gasteiger charge is -2.28. The molecule has 46 heavy (non-hydrogen) atoms. The Kier molecular flexibility index (Phi) is 6.93. The van der Waals surface area contributed by atoms with Crippen molar-refractivity contribution in [3.05, 3.63) is 83.3 Å². The van der Waals surface area contributed by atoms with Crippen LogP contribution in [-0.4, -0.2) is 64.0 Å². The summed E-state index contributed by atoms with van der Waals surface area (Å²) in [7, 11) is 0. The highest BCUT2D eigenvalue weighted by Gasteiger charge is 2.52. The Morgan fingerprint density at radius 3 is 2.54 bits per heavy atom. The van der Waals surface area contributed by atoms with Crippen molar-refractivity contribution in [3.63, 3.8) is 0 Å². The highest BCUT2D eigenvalue weighted by Crippen LogP contribution is 2.42. The Morgan fingerprint density at radius 2 is 1.85 bits per heavy atom. The maximum Gasteiger partial charge on any atom is 0.258 e. The molecule has 4 aliphatic rings. The maximum atomic E-state index is 14.9. The number of rotatable bonds is 8. The van der Waals surface area contributed by atoms with Gasteiger partial charge in [0.1, 0.15) is 11.9 Å². The first-order chi connectivity index (χ1) is 22.3. The van der Waals surface area contributed by atoms with E-state index >= 15 is 0 Å². The van der Waals surface area contributed by atoms with Gasteiger partial charge in [-0.15, -0.1) is 0 Å². The van der Waals surface area contributed by atoms with Gasteiger partial charge < -0.3 is 20.3 Å². The van der Waals surface area contributed by atoms with Crippen molar-refractivity contribution in [2.24, 2.45) is 0 Å². The number of alkyl halides is 1. The molecule has 4 atom stereocenters. The number of hydrogen-bond acceptors (Lipinski definition) is 6. The van der Waals surface area contributed by atoms with Crippen LogP contribution in [0.25, 0.3) is 22.3 Å². The van der Waals surface area contributed by atoms with Crippen molar-refractivity contribution < 1.29 is 18.7 Å². The fourth-order valence-corrected chi connectivity index (χ4v) is 7.47. The number of ether oxygens (including phenoxy) is 1. The van der Waals surface area contributed by atoms with E-state index in [0.717, 1.165) is 76.6 Å². The fraction of sp³-hybridized carbons (Fsp3) is 0.389. The lowest BCUT2D eigenvalue weighted by Crippen LogP contribution is -2.50. The topological polar surface area (TPSA) is 112 Å². The molecule has 10 heteroatoms. The maximum absolute atomic E-state index is 14.9. The summed E-state index contributed by atoms with van der Waals surface area (Å²) in [4.78, 5) is 33.9. The molecule has 8 rings (SSSR count). The van der Waals surface area contributed by atoms with E-state index in [1.807, 2.05) is 50.4 Å². The second-order valence-electron chi connectivity index (χ2n) is 13.3. The van der Waals surface area contributed by atoms with Gasteiger partial charge in [-0.05, 0) is 98.0 Å². The number of amides is 2. The molecule has 2 amide bonds. The number of morpholine rings is 1. The van der Waals surface area contributed by atoms with Gasteiger partial charge in [0.05, 0.1) is 24.4 Å². The molecule has 2 aliphatic carbocycles. The smallest absolute Gasteiger partial charge is 0.258 e. The van der Waals surface area contributed by atoms with E-state index in [1.165, 1.54) is 0 Å². The number of carbonyl (C=O) groups is 2. The number of halogens is 1. The van der Waals surface area contributed by atoms with Crippen LogP contribution in [0.5, 0.6) is 0 Å². The van der Waals surface area contributed by atoms with Crippen LogP contribution in [0.15, 0.2) is 60.8 Å². The minimum Gasteiger partial charge on any atom is -0.374 e. The minimum absolute atomic E-state index is 0.183. The van der Waals surface area contributed by atoms with Gasteiger partial charge in [-0.1, -0.05) is 30.3 Å². The number of H-pyrrole nitrogens is 1. The van der Waals surface area contributed by atoms with Crippen LogP contribution in [0.2, 0.25) is 0 Å². The molecular weight excluding hydrogens is 583 g/mol. The Labute approximate surface area is 266 Å². The van der Waals surface area contributed by atoms with Gasteiger partial charge in [0, 0.05) is 35.6 Å². The number of aromatic amines is 1. The highest BCUT2D eigenvalue weighted by molar-refractivity contribution is 6.00. The number of pyridine rings is 1. The average Bonchev–Trinajstić information content (AvgIpc) is 3.47. The number of nitrogens with zero attached hydrogens (tertiary/aromatic N) is 3. The molecule has 2 aliphatic heterocycles. The number of benzene rings is 2. The van der Waals surface area contributed by atoms with E-state index in [2.05, 4.69) is 55.0 Å². The Morgan fingerprint density at radius 1 is 1.07 bits per heavy atom. The van der Waals surface area contributed by atoms with Crippen LogP contribution >= 0.6 is 0 Å². The summed E-state index contributed by atoms with van der Waals surface area (Å²) in [6.07, 6.45) is 4.97. The van der Waals surface area contributed by atoms with E-state index in [0.29, 0.717) is 18.2 Å². The van der Waals surface area contributed by atoms with E-state index in [-0.39, 0.29) is 30.8 Å². The van der Waals surface area contributed by atoms with Gasteiger partial charge in [-0.25, -0.2) is 9.37 Å². The molecule has 0 radical (unpaired) electrons. The summed E-state index contributed by atoms with van der Waals surface area (Å²) >= 11 is 0. The SMILES string of the molecule is Cc1n[nH]c(C)c1-c1ccc(NC(=O)[C@@H](NC(=O)C2(F)CC2)[C@@H]2CCc3ccc(-c4ccnc(N5C[C@@H]6C[C@H]5CO6)c4)cc32)cc1. The largest absolute Gasteiger partial charge is 0.374 e. The number of aryl methyl sites for hydroxylation is 3. The van der Waals surface area contributed by atoms with Crippen LogP contribution in [0, 0.1) is 13.8 Å². The number of aromatic nitrogens is 3. The monoisotopic (exact) mass is 620 g/mol. The summed E-state index contributed by atoms with van der Waals surface area (Å²) in [5.41, 5.74) is 6.80. The van der Waals surface area contributed by atoms with Crippen LogP contribution in [-0.2, 0) is 20.7 Å². The third-order valence-electron chi connectivity index (χ3n) is 10.2. The summed E-state index contributed by atoms with van der Waals surface area (Å²) in [5.74, 6) is -0.427. The van der Waals surface area contributed by atoms with Gasteiger partial charge in [0.15, 0.2) is 5.67 Å². The Balaban J connectivity index is 1.06. The number of nitrogens with one attached hydrogen (secondary N) is 3. The van der Waals surface area contributed by atoms with Crippen LogP contribution in [0.4, 0.5) is 15.9 Å². The highest BCUT2D eigenvalue weighted by atomic mass is 19.1. The summed E-state index contributed by atoms with van der Waals surface area (Å²) in [6.45, 7) is 5.51. The molecule has 2 saturated heterocycles. The van der Waals surface area contributed by atoms with Crippen molar-refractivity contribution in [2.45, 2.75) is 75.7 Å². The Hall–Kier alpha value is -4.57. The molecule has 3 N–H and O–H groups in total. The molecular formula is C36H37FN6O3. The number of fused-ring (bicyclic) bond motifs is 3. The summed E-state index contributed by atoms with van der Waals surface area (Å²) in [5, 5.41) is 13.1. The lowest BCUT2D eigenvalue weighted by molar-refractivity contribution is -0.131. The normalized spacial score (nSPS) is 22.8. The van der Waals surface area contributed by atoms with Crippen molar-refractivity contribution in [3.8, 4) is 22.3 Å². The van der Waals surface area contributed by atoms with Crippen molar-refractivity contribution in [2.75, 3.05) is 23.4 Å². The zero-order valence-corrected chi connectivity index (χ0v) is 26.0. The van der Waals surface area contributed by atoms with Crippen LogP contribution < -0.4 is 15.5 Å². The van der Waals surface area contributed by atoms with Gasteiger partial charge >= 0.3 is 0 Å². The molecule has 236 valence electrons. The molecule has 0 spiro atoms. The summed E-state index contributed by atoms with van der Waals surface area (Å²) < 4.78 is 20.7. The molecule has 2 bridgehead atoms. The molecule has 4 heterocycles. The quantitative estimate of drug-likeness (QED) is 0.244. The number of anilines is 2. The third-order valence-corrected chi connectivity index (χ3v) is 10.2. The number of carbonyl (C=O) groups excluding carboxylic acids is 2. The Bertz CT molecular complexity index is 1810. The van der Waals surface area contributed by atoms with Crippen molar-refractivity contribution >= 4 is 23.3 Å². The molecule has 4 aromatic rings. The second-order valence-corrected chi connectivity index (χ2v) is 13.3. The zero-order valence-electron chi connectivity index (χ0n) is 26.0. The van der Waals surface area contributed by atoms with Gasteiger partial charge in [-0.2, -0.15) is 5.10 Å². The lowest BCUT2D eigenvalue weighted by atomic mass is 9.90. The average molecular weight is 621 g/mol. The molecule has 2 aromatic carbocycles. The van der Waals surface area contributed by atoms with Crippen molar-refractivity contribution in [1.29, 1.82) is 0 Å². The van der Waals surface area contributed by atoms with Gasteiger partial charge in [0.25, 0.3) is 5.91 Å². The molecule has 2 aromatic heterocycles. The molecule has 9 nitrogen and oxygen atoms in total. The van der Waals surface area contributed by atoms with E-state index in [1.54, 1.807) is 0 Å². The second kappa shape index (κ2) is 11.0. The molecule has 1 saturated carbocycles. The third kappa shape index (κ3) is 5.14. The molecule has 3 fully saturated rings. The first-order valence-corrected chi connectivity index (χ1v) is 16.2. The van der Waals surface area contributed by atoms with Gasteiger partial charge in [0.2, 0.25) is 5.91 Å².